The Morgan fingerprint density at radius 3 is 2.50 bits per heavy atom. The molecule has 0 heterocycles. The van der Waals surface area contributed by atoms with Crippen LogP contribution in [0.1, 0.15) is 46.5 Å². The molecule has 4 N–H and O–H groups in total. The van der Waals surface area contributed by atoms with E-state index in [1.165, 1.54) is 0 Å². The molecule has 16 heavy (non-hydrogen) atoms. The van der Waals surface area contributed by atoms with Crippen LogP contribution in [0.5, 0.6) is 0 Å². The van der Waals surface area contributed by atoms with Gasteiger partial charge in [0.15, 0.2) is 0 Å². The van der Waals surface area contributed by atoms with Gasteiger partial charge in [-0.05, 0) is 32.6 Å². The van der Waals surface area contributed by atoms with E-state index in [4.69, 9.17) is 10.8 Å². The molecular formula is C12H26N2O2. The van der Waals surface area contributed by atoms with Crippen LogP contribution in [0.3, 0.4) is 0 Å². The van der Waals surface area contributed by atoms with E-state index in [-0.39, 0.29) is 12.5 Å². The van der Waals surface area contributed by atoms with Crippen molar-refractivity contribution in [3.63, 3.8) is 0 Å². The highest BCUT2D eigenvalue weighted by Crippen LogP contribution is 2.10. The smallest absolute Gasteiger partial charge is 0.221 e. The first-order chi connectivity index (χ1) is 7.39. The molecule has 1 unspecified atom stereocenters. The highest BCUT2D eigenvalue weighted by atomic mass is 16.3. The van der Waals surface area contributed by atoms with Crippen molar-refractivity contribution < 1.29 is 9.90 Å². The van der Waals surface area contributed by atoms with Crippen LogP contribution in [-0.4, -0.2) is 29.7 Å². The number of rotatable bonds is 8. The zero-order valence-electron chi connectivity index (χ0n) is 10.8. The van der Waals surface area contributed by atoms with Crippen LogP contribution in [0.2, 0.25) is 0 Å². The van der Waals surface area contributed by atoms with Crippen LogP contribution in [0.15, 0.2) is 0 Å². The van der Waals surface area contributed by atoms with Gasteiger partial charge in [-0.15, -0.1) is 0 Å². The van der Waals surface area contributed by atoms with Crippen molar-refractivity contribution >= 4 is 5.91 Å². The monoisotopic (exact) mass is 230 g/mol. The number of nitrogens with one attached hydrogen (secondary N) is 1. The van der Waals surface area contributed by atoms with Crippen molar-refractivity contribution in [1.82, 2.24) is 5.32 Å². The number of hydrogen-bond acceptors (Lipinski definition) is 3. The van der Waals surface area contributed by atoms with E-state index in [0.29, 0.717) is 18.9 Å². The molecule has 0 fully saturated rings. The van der Waals surface area contributed by atoms with Gasteiger partial charge >= 0.3 is 0 Å². The Labute approximate surface area is 98.6 Å². The number of aliphatic hydroxyl groups excluding tert-OH is 1. The van der Waals surface area contributed by atoms with Gasteiger partial charge in [-0.2, -0.15) is 0 Å². The summed E-state index contributed by atoms with van der Waals surface area (Å²) < 4.78 is 0. The van der Waals surface area contributed by atoms with Crippen LogP contribution < -0.4 is 11.1 Å². The van der Waals surface area contributed by atoms with Gasteiger partial charge in [0.2, 0.25) is 5.91 Å². The Morgan fingerprint density at radius 2 is 2.06 bits per heavy atom. The third kappa shape index (κ3) is 8.68. The Kier molecular flexibility index (Phi) is 7.34. The molecule has 4 heteroatoms. The number of hydrogen-bond donors (Lipinski definition) is 3. The molecular weight excluding hydrogens is 204 g/mol. The van der Waals surface area contributed by atoms with E-state index in [2.05, 4.69) is 12.2 Å². The van der Waals surface area contributed by atoms with Crippen LogP contribution >= 0.6 is 0 Å². The molecule has 4 nitrogen and oxygen atoms in total. The summed E-state index contributed by atoms with van der Waals surface area (Å²) in [5.74, 6) is 0.367. The molecule has 1 amide bonds. The second kappa shape index (κ2) is 7.63. The van der Waals surface area contributed by atoms with Gasteiger partial charge in [-0.1, -0.05) is 13.3 Å². The Morgan fingerprint density at radius 1 is 1.44 bits per heavy atom. The van der Waals surface area contributed by atoms with Crippen LogP contribution in [0.4, 0.5) is 0 Å². The van der Waals surface area contributed by atoms with Gasteiger partial charge < -0.3 is 16.2 Å². The molecule has 0 bridgehead atoms. The fourth-order valence-corrected chi connectivity index (χ4v) is 1.67. The molecule has 0 saturated heterocycles. The van der Waals surface area contributed by atoms with Crippen LogP contribution in [0, 0.1) is 5.92 Å². The molecule has 0 aromatic carbocycles. The summed E-state index contributed by atoms with van der Waals surface area (Å²) in [5.41, 5.74) is 5.30. The maximum Gasteiger partial charge on any atom is 0.221 e. The molecule has 0 spiro atoms. The number of carbonyl (C=O) groups excluding carboxylic acids is 1. The quantitative estimate of drug-likeness (QED) is 0.583. The Bertz CT molecular complexity index is 194. The second-order valence-electron chi connectivity index (χ2n) is 5.14. The summed E-state index contributed by atoms with van der Waals surface area (Å²) in [6.07, 6.45) is 3.20. The van der Waals surface area contributed by atoms with Crippen molar-refractivity contribution in [2.24, 2.45) is 11.7 Å². The lowest BCUT2D eigenvalue weighted by atomic mass is 9.99. The molecule has 0 aromatic rings. The van der Waals surface area contributed by atoms with Crippen LogP contribution in [-0.2, 0) is 4.79 Å². The highest BCUT2D eigenvalue weighted by molar-refractivity contribution is 5.77. The molecule has 0 aliphatic heterocycles. The minimum Gasteiger partial charge on any atom is -0.396 e. The van der Waals surface area contributed by atoms with E-state index < -0.39 is 5.54 Å². The van der Waals surface area contributed by atoms with E-state index >= 15 is 0 Å². The highest BCUT2D eigenvalue weighted by Gasteiger charge is 2.17. The molecule has 1 atom stereocenters. The zero-order valence-corrected chi connectivity index (χ0v) is 10.8. The molecule has 0 aliphatic carbocycles. The van der Waals surface area contributed by atoms with Crippen molar-refractivity contribution in [1.29, 1.82) is 0 Å². The first kappa shape index (κ1) is 15.4. The minimum absolute atomic E-state index is 0.00783. The van der Waals surface area contributed by atoms with Crippen molar-refractivity contribution in [2.45, 2.75) is 52.0 Å². The predicted octanol–water partition coefficient (Wildman–Crippen LogP) is 1.03. The number of amides is 1. The zero-order chi connectivity index (χ0) is 12.6. The average Bonchev–Trinajstić information content (AvgIpc) is 2.12. The Hall–Kier alpha value is -0.610. The standard InChI is InChI=1S/C12H26N2O2/c1-4-5-10(6-7-15)9-14-11(16)8-12(2,3)13/h10,15H,4-9,13H2,1-3H3,(H,14,16). The third-order valence-electron chi connectivity index (χ3n) is 2.44. The van der Waals surface area contributed by atoms with E-state index in [1.54, 1.807) is 0 Å². The third-order valence-corrected chi connectivity index (χ3v) is 2.44. The number of carbonyl (C=O) groups is 1. The first-order valence-corrected chi connectivity index (χ1v) is 6.05. The normalized spacial score (nSPS) is 13.6. The largest absolute Gasteiger partial charge is 0.396 e. The van der Waals surface area contributed by atoms with E-state index in [0.717, 1.165) is 19.3 Å². The van der Waals surface area contributed by atoms with Crippen molar-refractivity contribution in [3.05, 3.63) is 0 Å². The number of nitrogens with two attached hydrogens (primary N) is 1. The predicted molar refractivity (Wildman–Crippen MR) is 66.0 cm³/mol. The lowest BCUT2D eigenvalue weighted by molar-refractivity contribution is -0.122. The lowest BCUT2D eigenvalue weighted by Crippen LogP contribution is -2.40. The maximum atomic E-state index is 11.5. The van der Waals surface area contributed by atoms with Gasteiger partial charge in [-0.25, -0.2) is 0 Å². The van der Waals surface area contributed by atoms with E-state index in [9.17, 15) is 4.79 Å². The van der Waals surface area contributed by atoms with Crippen molar-refractivity contribution in [3.8, 4) is 0 Å². The lowest BCUT2D eigenvalue weighted by Gasteiger charge is -2.20. The fourth-order valence-electron chi connectivity index (χ4n) is 1.67. The van der Waals surface area contributed by atoms with Gasteiger partial charge in [-0.3, -0.25) is 4.79 Å². The number of aliphatic hydroxyl groups is 1. The van der Waals surface area contributed by atoms with Gasteiger partial charge in [0.25, 0.3) is 0 Å². The fraction of sp³-hybridized carbons (Fsp3) is 0.917. The summed E-state index contributed by atoms with van der Waals surface area (Å²) in [4.78, 5) is 11.5. The van der Waals surface area contributed by atoms with Gasteiger partial charge in [0, 0.05) is 25.1 Å². The molecule has 0 radical (unpaired) electrons. The van der Waals surface area contributed by atoms with Gasteiger partial charge in [0.05, 0.1) is 0 Å². The summed E-state index contributed by atoms with van der Waals surface area (Å²) in [5, 5.41) is 11.8. The minimum atomic E-state index is -0.457. The average molecular weight is 230 g/mol. The van der Waals surface area contributed by atoms with Gasteiger partial charge in [0.1, 0.15) is 0 Å². The summed E-state index contributed by atoms with van der Waals surface area (Å²) in [6.45, 7) is 6.61. The molecule has 0 saturated carbocycles. The van der Waals surface area contributed by atoms with Crippen LogP contribution in [0.25, 0.3) is 0 Å². The molecule has 0 rings (SSSR count). The first-order valence-electron chi connectivity index (χ1n) is 6.05. The summed E-state index contributed by atoms with van der Waals surface area (Å²) >= 11 is 0. The summed E-state index contributed by atoms with van der Waals surface area (Å²) in [7, 11) is 0. The molecule has 0 aliphatic rings. The summed E-state index contributed by atoms with van der Waals surface area (Å²) in [6, 6.07) is 0. The second-order valence-corrected chi connectivity index (χ2v) is 5.14. The topological polar surface area (TPSA) is 75.3 Å². The SMILES string of the molecule is CCCC(CCO)CNC(=O)CC(C)(C)N. The Balaban J connectivity index is 3.86. The maximum absolute atomic E-state index is 11.5. The van der Waals surface area contributed by atoms with E-state index in [1.807, 2.05) is 13.8 Å². The molecule has 0 aromatic heterocycles. The van der Waals surface area contributed by atoms with Crippen molar-refractivity contribution in [2.75, 3.05) is 13.2 Å². The molecule has 96 valence electrons.